The van der Waals surface area contributed by atoms with Gasteiger partial charge in [-0.15, -0.1) is 0 Å². The molecule has 0 amide bonds. The van der Waals surface area contributed by atoms with Crippen LogP contribution >= 0.6 is 11.6 Å². The van der Waals surface area contributed by atoms with E-state index < -0.39 is 0 Å². The van der Waals surface area contributed by atoms with Crippen molar-refractivity contribution in [3.63, 3.8) is 0 Å². The highest BCUT2D eigenvalue weighted by Gasteiger charge is 2.27. The number of rotatable bonds is 5. The smallest absolute Gasteiger partial charge is 0.135 e. The number of anilines is 1. The van der Waals surface area contributed by atoms with Gasteiger partial charge in [-0.3, -0.25) is 0 Å². The largest absolute Gasteiger partial charge is 0.370 e. The molecule has 1 aromatic rings. The number of nitrogens with zero attached hydrogens (tertiary/aromatic N) is 3. The molecule has 0 aromatic carbocycles. The number of piperidine rings is 1. The monoisotopic (exact) mass is 294 g/mol. The van der Waals surface area contributed by atoms with Crippen LogP contribution in [0.15, 0.2) is 6.07 Å². The maximum Gasteiger partial charge on any atom is 0.135 e. The van der Waals surface area contributed by atoms with Gasteiger partial charge in [0.05, 0.1) is 0 Å². The molecule has 0 bridgehead atoms. The molecule has 1 aliphatic carbocycles. The summed E-state index contributed by atoms with van der Waals surface area (Å²) in [5.41, 5.74) is 0. The highest BCUT2D eigenvalue weighted by atomic mass is 35.5. The predicted octanol–water partition coefficient (Wildman–Crippen LogP) is 3.15. The Hall–Kier alpha value is -0.870. The lowest BCUT2D eigenvalue weighted by Crippen LogP contribution is -2.30. The summed E-state index contributed by atoms with van der Waals surface area (Å²) in [4.78, 5) is 11.3. The van der Waals surface area contributed by atoms with Gasteiger partial charge >= 0.3 is 0 Å². The van der Waals surface area contributed by atoms with E-state index in [9.17, 15) is 0 Å². The molecular weight excluding hydrogens is 272 g/mol. The second-order valence-electron chi connectivity index (χ2n) is 6.17. The van der Waals surface area contributed by atoms with Crippen molar-refractivity contribution >= 4 is 17.4 Å². The minimum atomic E-state index is 0.545. The van der Waals surface area contributed by atoms with E-state index >= 15 is 0 Å². The van der Waals surface area contributed by atoms with Crippen LogP contribution in [0.3, 0.4) is 0 Å². The van der Waals surface area contributed by atoms with E-state index in [0.717, 1.165) is 24.1 Å². The Bertz CT molecular complexity index is 453. The van der Waals surface area contributed by atoms with Gasteiger partial charge in [0.15, 0.2) is 0 Å². The maximum absolute atomic E-state index is 6.07. The second kappa shape index (κ2) is 6.27. The highest BCUT2D eigenvalue weighted by Crippen LogP contribution is 2.38. The van der Waals surface area contributed by atoms with Crippen LogP contribution in [-0.2, 0) is 0 Å². The molecule has 1 saturated heterocycles. The molecule has 0 unspecified atom stereocenters. The van der Waals surface area contributed by atoms with Crippen LogP contribution in [0.5, 0.6) is 0 Å². The molecule has 0 radical (unpaired) electrons. The molecule has 1 saturated carbocycles. The van der Waals surface area contributed by atoms with Gasteiger partial charge < -0.3 is 10.2 Å². The second-order valence-corrected chi connectivity index (χ2v) is 6.56. The van der Waals surface area contributed by atoms with Crippen molar-refractivity contribution in [2.45, 2.75) is 38.0 Å². The molecule has 2 heterocycles. The molecule has 110 valence electrons. The molecule has 2 aliphatic rings. The summed E-state index contributed by atoms with van der Waals surface area (Å²) >= 11 is 6.07. The van der Waals surface area contributed by atoms with E-state index in [1.54, 1.807) is 0 Å². The molecule has 20 heavy (non-hydrogen) atoms. The summed E-state index contributed by atoms with van der Waals surface area (Å²) in [7, 11) is 2.21. The third-order valence-corrected chi connectivity index (χ3v) is 4.55. The van der Waals surface area contributed by atoms with Gasteiger partial charge in [0, 0.05) is 18.5 Å². The standard InChI is InChI=1S/C15H23ClN4/c1-20-8-5-11(6-9-20)4-7-17-14-10-13(16)18-15(19-14)12-2-3-12/h10-12H,2-9H2,1H3,(H,17,18,19). The normalized spacial score (nSPS) is 21.1. The Morgan fingerprint density at radius 2 is 2.00 bits per heavy atom. The lowest BCUT2D eigenvalue weighted by atomic mass is 9.94. The van der Waals surface area contributed by atoms with Gasteiger partial charge in [-0.2, -0.15) is 0 Å². The highest BCUT2D eigenvalue weighted by molar-refractivity contribution is 6.29. The van der Waals surface area contributed by atoms with Crippen molar-refractivity contribution in [2.75, 3.05) is 32.0 Å². The summed E-state index contributed by atoms with van der Waals surface area (Å²) in [5.74, 6) is 3.20. The molecule has 1 aromatic heterocycles. The van der Waals surface area contributed by atoms with E-state index in [-0.39, 0.29) is 0 Å². The maximum atomic E-state index is 6.07. The van der Waals surface area contributed by atoms with E-state index in [2.05, 4.69) is 27.2 Å². The number of hydrogen-bond donors (Lipinski definition) is 1. The first-order valence-corrected chi connectivity index (χ1v) is 8.05. The molecule has 5 heteroatoms. The van der Waals surface area contributed by atoms with Gasteiger partial charge in [0.1, 0.15) is 16.8 Å². The summed E-state index contributed by atoms with van der Waals surface area (Å²) in [5, 5.41) is 3.98. The zero-order valence-electron chi connectivity index (χ0n) is 12.1. The molecule has 0 atom stereocenters. The lowest BCUT2D eigenvalue weighted by Gasteiger charge is -2.28. The number of halogens is 1. The molecule has 4 nitrogen and oxygen atoms in total. The molecule has 3 rings (SSSR count). The predicted molar refractivity (Wildman–Crippen MR) is 82.3 cm³/mol. The SMILES string of the molecule is CN1CCC(CCNc2cc(Cl)nc(C3CC3)n2)CC1. The van der Waals surface area contributed by atoms with Crippen molar-refractivity contribution in [1.82, 2.24) is 14.9 Å². The number of likely N-dealkylation sites (tertiary alicyclic amines) is 1. The van der Waals surface area contributed by atoms with Crippen molar-refractivity contribution in [3.8, 4) is 0 Å². The van der Waals surface area contributed by atoms with E-state index in [0.29, 0.717) is 11.1 Å². The van der Waals surface area contributed by atoms with E-state index in [4.69, 9.17) is 11.6 Å². The van der Waals surface area contributed by atoms with Gasteiger partial charge in [-0.05, 0) is 58.2 Å². The fourth-order valence-corrected chi connectivity index (χ4v) is 2.99. The zero-order valence-corrected chi connectivity index (χ0v) is 12.9. The average molecular weight is 295 g/mol. The van der Waals surface area contributed by atoms with E-state index in [1.165, 1.54) is 45.2 Å². The van der Waals surface area contributed by atoms with Crippen LogP contribution in [0.4, 0.5) is 5.82 Å². The lowest BCUT2D eigenvalue weighted by molar-refractivity contribution is 0.215. The third-order valence-electron chi connectivity index (χ3n) is 4.35. The van der Waals surface area contributed by atoms with E-state index in [1.807, 2.05) is 6.07 Å². The number of aromatic nitrogens is 2. The molecule has 1 N–H and O–H groups in total. The third kappa shape index (κ3) is 3.83. The Morgan fingerprint density at radius 1 is 1.25 bits per heavy atom. The van der Waals surface area contributed by atoms with Crippen LogP contribution in [0.2, 0.25) is 5.15 Å². The first-order valence-electron chi connectivity index (χ1n) is 7.67. The van der Waals surface area contributed by atoms with Crippen molar-refractivity contribution in [3.05, 3.63) is 17.0 Å². The topological polar surface area (TPSA) is 41.0 Å². The first-order chi connectivity index (χ1) is 9.70. The van der Waals surface area contributed by atoms with Gasteiger partial charge in [0.25, 0.3) is 0 Å². The summed E-state index contributed by atoms with van der Waals surface area (Å²) < 4.78 is 0. The minimum Gasteiger partial charge on any atom is -0.370 e. The van der Waals surface area contributed by atoms with Crippen LogP contribution < -0.4 is 5.32 Å². The van der Waals surface area contributed by atoms with Crippen molar-refractivity contribution in [2.24, 2.45) is 5.92 Å². The number of hydrogen-bond acceptors (Lipinski definition) is 4. The Labute approximate surface area is 125 Å². The fraction of sp³-hybridized carbons (Fsp3) is 0.733. The number of nitrogens with one attached hydrogen (secondary N) is 1. The van der Waals surface area contributed by atoms with Crippen molar-refractivity contribution in [1.29, 1.82) is 0 Å². The Balaban J connectivity index is 1.48. The van der Waals surface area contributed by atoms with Crippen LogP contribution in [0.1, 0.15) is 43.8 Å². The summed E-state index contributed by atoms with van der Waals surface area (Å²) in [6.45, 7) is 3.44. The average Bonchev–Trinajstić information content (AvgIpc) is 3.25. The molecule has 1 aliphatic heterocycles. The van der Waals surface area contributed by atoms with Gasteiger partial charge in [0.2, 0.25) is 0 Å². The summed E-state index contributed by atoms with van der Waals surface area (Å²) in [6.07, 6.45) is 6.26. The van der Waals surface area contributed by atoms with Crippen LogP contribution in [0.25, 0.3) is 0 Å². The van der Waals surface area contributed by atoms with Crippen LogP contribution in [-0.4, -0.2) is 41.5 Å². The van der Waals surface area contributed by atoms with Gasteiger partial charge in [-0.1, -0.05) is 11.6 Å². The molecular formula is C15H23ClN4. The Kier molecular flexibility index (Phi) is 4.41. The van der Waals surface area contributed by atoms with Crippen LogP contribution in [0, 0.1) is 5.92 Å². The zero-order chi connectivity index (χ0) is 13.9. The summed E-state index contributed by atoms with van der Waals surface area (Å²) in [6, 6.07) is 1.84. The fourth-order valence-electron chi connectivity index (χ4n) is 2.80. The van der Waals surface area contributed by atoms with Crippen molar-refractivity contribution < 1.29 is 0 Å². The quantitative estimate of drug-likeness (QED) is 0.847. The van der Waals surface area contributed by atoms with Gasteiger partial charge in [-0.25, -0.2) is 9.97 Å². The molecule has 0 spiro atoms. The first kappa shape index (κ1) is 14.1. The Morgan fingerprint density at radius 3 is 2.70 bits per heavy atom. The molecule has 2 fully saturated rings. The minimum absolute atomic E-state index is 0.545.